The minimum atomic E-state index is 0.264. The molecule has 0 aromatic heterocycles. The first-order valence-electron chi connectivity index (χ1n) is 8.68. The lowest BCUT2D eigenvalue weighted by molar-refractivity contribution is -0.114. The molecule has 2 saturated carbocycles. The van der Waals surface area contributed by atoms with Crippen molar-refractivity contribution < 1.29 is 4.74 Å². The monoisotopic (exact) mass is 280 g/mol. The molecule has 2 atom stereocenters. The van der Waals surface area contributed by atoms with E-state index in [1.807, 2.05) is 0 Å². The predicted octanol–water partition coefficient (Wildman–Crippen LogP) is 2.93. The van der Waals surface area contributed by atoms with Crippen LogP contribution in [0.2, 0.25) is 0 Å². The predicted molar refractivity (Wildman–Crippen MR) is 82.7 cm³/mol. The molecule has 1 spiro atoms. The summed E-state index contributed by atoms with van der Waals surface area (Å²) < 4.78 is 5.91. The Morgan fingerprint density at radius 2 is 1.50 bits per heavy atom. The smallest absolute Gasteiger partial charge is 0.0678 e. The molecule has 1 heterocycles. The van der Waals surface area contributed by atoms with Crippen LogP contribution in [0.4, 0.5) is 0 Å². The Hall–Kier alpha value is -0.120. The van der Waals surface area contributed by atoms with E-state index in [-0.39, 0.29) is 5.54 Å². The van der Waals surface area contributed by atoms with Crippen molar-refractivity contribution in [1.29, 1.82) is 0 Å². The molecule has 20 heavy (non-hydrogen) atoms. The summed E-state index contributed by atoms with van der Waals surface area (Å²) in [6.45, 7) is 7.36. The molecule has 3 nitrogen and oxygen atoms in total. The summed E-state index contributed by atoms with van der Waals surface area (Å²) in [5.74, 6) is 0. The van der Waals surface area contributed by atoms with Gasteiger partial charge in [-0.3, -0.25) is 4.90 Å². The van der Waals surface area contributed by atoms with Gasteiger partial charge in [-0.05, 0) is 57.8 Å². The maximum absolute atomic E-state index is 6.26. The lowest BCUT2D eigenvalue weighted by Gasteiger charge is -2.53. The average molecular weight is 280 g/mol. The van der Waals surface area contributed by atoms with Gasteiger partial charge in [-0.15, -0.1) is 0 Å². The van der Waals surface area contributed by atoms with E-state index in [0.29, 0.717) is 17.6 Å². The van der Waals surface area contributed by atoms with E-state index < -0.39 is 0 Å². The fourth-order valence-corrected chi connectivity index (χ4v) is 5.09. The highest BCUT2D eigenvalue weighted by Gasteiger charge is 2.47. The molecule has 1 saturated heterocycles. The zero-order valence-corrected chi connectivity index (χ0v) is 13.4. The normalized spacial score (nSPS) is 37.4. The van der Waals surface area contributed by atoms with Crippen LogP contribution in [0.15, 0.2) is 0 Å². The molecule has 2 N–H and O–H groups in total. The molecule has 0 radical (unpaired) electrons. The van der Waals surface area contributed by atoms with E-state index in [0.717, 1.165) is 19.6 Å². The molecule has 1 aliphatic heterocycles. The van der Waals surface area contributed by atoms with Gasteiger partial charge >= 0.3 is 0 Å². The first-order chi connectivity index (χ1) is 9.57. The Morgan fingerprint density at radius 3 is 2.00 bits per heavy atom. The van der Waals surface area contributed by atoms with Gasteiger partial charge in [0.2, 0.25) is 0 Å². The average Bonchev–Trinajstić information content (AvgIpc) is 2.88. The van der Waals surface area contributed by atoms with Crippen molar-refractivity contribution in [3.63, 3.8) is 0 Å². The van der Waals surface area contributed by atoms with Crippen LogP contribution in [0.5, 0.6) is 0 Å². The number of hydrogen-bond donors (Lipinski definition) is 1. The van der Waals surface area contributed by atoms with Crippen molar-refractivity contribution in [2.24, 2.45) is 11.1 Å². The summed E-state index contributed by atoms with van der Waals surface area (Å²) in [5.41, 5.74) is 7.23. The van der Waals surface area contributed by atoms with Crippen LogP contribution in [-0.4, -0.2) is 42.3 Å². The van der Waals surface area contributed by atoms with Crippen LogP contribution in [0.25, 0.3) is 0 Å². The minimum absolute atomic E-state index is 0.264. The second-order valence-corrected chi connectivity index (χ2v) is 7.80. The number of hydrogen-bond acceptors (Lipinski definition) is 3. The van der Waals surface area contributed by atoms with Gasteiger partial charge in [0.1, 0.15) is 0 Å². The molecule has 3 rings (SSSR count). The first kappa shape index (κ1) is 14.8. The maximum Gasteiger partial charge on any atom is 0.0678 e. The number of nitrogens with two attached hydrogens (primary N) is 1. The zero-order valence-electron chi connectivity index (χ0n) is 13.4. The van der Waals surface area contributed by atoms with Crippen molar-refractivity contribution in [1.82, 2.24) is 4.90 Å². The third-order valence-electron chi connectivity index (χ3n) is 6.38. The Kier molecular flexibility index (Phi) is 4.13. The van der Waals surface area contributed by atoms with Gasteiger partial charge in [-0.1, -0.05) is 12.8 Å². The molecular weight excluding hydrogens is 248 g/mol. The van der Waals surface area contributed by atoms with Gasteiger partial charge in [0, 0.05) is 25.2 Å². The van der Waals surface area contributed by atoms with Crippen molar-refractivity contribution in [3.05, 3.63) is 0 Å². The van der Waals surface area contributed by atoms with E-state index in [4.69, 9.17) is 10.5 Å². The minimum Gasteiger partial charge on any atom is -0.373 e. The highest BCUT2D eigenvalue weighted by Crippen LogP contribution is 2.52. The van der Waals surface area contributed by atoms with Crippen molar-refractivity contribution in [3.8, 4) is 0 Å². The molecule has 3 heteroatoms. The van der Waals surface area contributed by atoms with E-state index in [2.05, 4.69) is 18.7 Å². The Balaban J connectivity index is 1.69. The van der Waals surface area contributed by atoms with Gasteiger partial charge in [-0.25, -0.2) is 0 Å². The van der Waals surface area contributed by atoms with Crippen LogP contribution in [0.1, 0.15) is 65.2 Å². The fraction of sp³-hybridized carbons (Fsp3) is 1.00. The summed E-state index contributed by atoms with van der Waals surface area (Å²) in [4.78, 5) is 2.67. The van der Waals surface area contributed by atoms with Crippen LogP contribution >= 0.6 is 0 Å². The summed E-state index contributed by atoms with van der Waals surface area (Å²) >= 11 is 0. The van der Waals surface area contributed by atoms with Crippen molar-refractivity contribution in [2.45, 2.75) is 83.0 Å². The summed E-state index contributed by atoms with van der Waals surface area (Å²) in [5, 5.41) is 0. The quantitative estimate of drug-likeness (QED) is 0.845. The van der Waals surface area contributed by atoms with Crippen LogP contribution in [-0.2, 0) is 4.74 Å². The molecule has 0 aromatic rings. The zero-order chi connectivity index (χ0) is 14.2. The van der Waals surface area contributed by atoms with E-state index in [9.17, 15) is 0 Å². The van der Waals surface area contributed by atoms with Gasteiger partial charge < -0.3 is 10.5 Å². The third kappa shape index (κ3) is 2.65. The van der Waals surface area contributed by atoms with Gasteiger partial charge in [0.25, 0.3) is 0 Å². The number of rotatable bonds is 2. The fourth-order valence-electron chi connectivity index (χ4n) is 5.09. The Bertz CT molecular complexity index is 318. The molecule has 3 aliphatic rings. The Labute approximate surface area is 124 Å². The molecule has 0 aromatic carbocycles. The number of morpholine rings is 1. The third-order valence-corrected chi connectivity index (χ3v) is 6.38. The first-order valence-corrected chi connectivity index (χ1v) is 8.68. The maximum atomic E-state index is 6.26. The second-order valence-electron chi connectivity index (χ2n) is 7.80. The van der Waals surface area contributed by atoms with Gasteiger partial charge in [-0.2, -0.15) is 0 Å². The highest BCUT2D eigenvalue weighted by atomic mass is 16.5. The van der Waals surface area contributed by atoms with Crippen molar-refractivity contribution >= 4 is 0 Å². The van der Waals surface area contributed by atoms with Gasteiger partial charge in [0.05, 0.1) is 12.2 Å². The lowest BCUT2D eigenvalue weighted by atomic mass is 9.65. The SMILES string of the molecule is C[C@@H]1CN(C2(CN)CCC3(CCCC3)CC2)C[C@H](C)O1. The molecule has 2 aliphatic carbocycles. The summed E-state index contributed by atoms with van der Waals surface area (Å²) in [7, 11) is 0. The highest BCUT2D eigenvalue weighted by molar-refractivity contribution is 5.02. The van der Waals surface area contributed by atoms with Crippen molar-refractivity contribution in [2.75, 3.05) is 19.6 Å². The number of nitrogens with zero attached hydrogens (tertiary/aromatic N) is 1. The summed E-state index contributed by atoms with van der Waals surface area (Å²) in [6.07, 6.45) is 12.0. The molecule has 0 amide bonds. The molecule has 0 unspecified atom stereocenters. The second kappa shape index (κ2) is 5.58. The van der Waals surface area contributed by atoms with Crippen LogP contribution < -0.4 is 5.73 Å². The molecule has 0 bridgehead atoms. The van der Waals surface area contributed by atoms with E-state index >= 15 is 0 Å². The van der Waals surface area contributed by atoms with E-state index in [1.165, 1.54) is 51.4 Å². The molecule has 3 fully saturated rings. The van der Waals surface area contributed by atoms with Gasteiger partial charge in [0.15, 0.2) is 0 Å². The Morgan fingerprint density at radius 1 is 0.950 bits per heavy atom. The largest absolute Gasteiger partial charge is 0.373 e. The lowest BCUT2D eigenvalue weighted by Crippen LogP contribution is -2.62. The number of ether oxygens (including phenoxy) is 1. The van der Waals surface area contributed by atoms with Crippen LogP contribution in [0.3, 0.4) is 0 Å². The van der Waals surface area contributed by atoms with E-state index in [1.54, 1.807) is 0 Å². The molecular formula is C17H32N2O. The summed E-state index contributed by atoms with van der Waals surface area (Å²) in [6, 6.07) is 0. The standard InChI is InChI=1S/C17H32N2O/c1-14-11-19(12-15(2)20-14)17(13-18)9-7-16(8-10-17)5-3-4-6-16/h14-15H,3-13,18H2,1-2H3/t14-,15+. The topological polar surface area (TPSA) is 38.5 Å². The van der Waals surface area contributed by atoms with Crippen LogP contribution in [0, 0.1) is 5.41 Å². The molecule has 116 valence electrons.